The molecule has 2 saturated heterocycles. The number of methoxy groups -OCH3 is 1. The van der Waals surface area contributed by atoms with E-state index in [1.807, 2.05) is 30.3 Å². The first-order valence-electron chi connectivity index (χ1n) is 10.3. The van der Waals surface area contributed by atoms with Crippen LogP contribution in [0.5, 0.6) is 0 Å². The number of amides is 1. The number of fused-ring (bicyclic) bond motifs is 2. The van der Waals surface area contributed by atoms with E-state index in [1.165, 1.54) is 12.3 Å². The molecule has 0 aliphatic carbocycles. The highest BCUT2D eigenvalue weighted by Crippen LogP contribution is 2.52. The number of nitrogens with one attached hydrogen (secondary N) is 1. The number of benzene rings is 1. The summed E-state index contributed by atoms with van der Waals surface area (Å²) in [7, 11) is 1.72. The number of carbonyl (C=O) groups is 1. The maximum absolute atomic E-state index is 14.6. The van der Waals surface area contributed by atoms with E-state index in [0.29, 0.717) is 12.6 Å². The first-order chi connectivity index (χ1) is 14.1. The minimum absolute atomic E-state index is 0.0471. The Labute approximate surface area is 171 Å². The monoisotopic (exact) mass is 397 g/mol. The van der Waals surface area contributed by atoms with Gasteiger partial charge in [-0.3, -0.25) is 14.7 Å². The van der Waals surface area contributed by atoms with Crippen LogP contribution >= 0.6 is 0 Å². The van der Waals surface area contributed by atoms with Crippen molar-refractivity contribution in [1.29, 1.82) is 0 Å². The Morgan fingerprint density at radius 1 is 1.31 bits per heavy atom. The number of halogens is 1. The second kappa shape index (κ2) is 8.20. The van der Waals surface area contributed by atoms with Gasteiger partial charge in [0.15, 0.2) is 5.82 Å². The SMILES string of the molecule is COCCN1C2CCC1(C(NC(=O)c1ccnc(C)c1F)c1ccccc1)CC2. The predicted octanol–water partition coefficient (Wildman–Crippen LogP) is 3.64. The molecule has 0 radical (unpaired) electrons. The molecule has 154 valence electrons. The maximum Gasteiger partial charge on any atom is 0.254 e. The molecule has 2 bridgehead atoms. The van der Waals surface area contributed by atoms with E-state index < -0.39 is 11.7 Å². The number of nitrogens with zero attached hydrogens (tertiary/aromatic N) is 2. The fraction of sp³-hybridized carbons (Fsp3) is 0.478. The van der Waals surface area contributed by atoms with Crippen molar-refractivity contribution in [2.45, 2.75) is 50.2 Å². The van der Waals surface area contributed by atoms with Crippen molar-refractivity contribution < 1.29 is 13.9 Å². The first-order valence-corrected chi connectivity index (χ1v) is 10.3. The van der Waals surface area contributed by atoms with Gasteiger partial charge in [-0.2, -0.15) is 0 Å². The van der Waals surface area contributed by atoms with Crippen LogP contribution in [0.15, 0.2) is 42.6 Å². The van der Waals surface area contributed by atoms with Crippen molar-refractivity contribution in [3.05, 3.63) is 65.2 Å². The van der Waals surface area contributed by atoms with Crippen molar-refractivity contribution in [2.24, 2.45) is 0 Å². The summed E-state index contributed by atoms with van der Waals surface area (Å²) >= 11 is 0. The zero-order valence-corrected chi connectivity index (χ0v) is 17.0. The lowest BCUT2D eigenvalue weighted by molar-refractivity contribution is 0.0636. The van der Waals surface area contributed by atoms with Crippen LogP contribution in [0, 0.1) is 12.7 Å². The Balaban J connectivity index is 1.69. The molecule has 5 nitrogen and oxygen atoms in total. The van der Waals surface area contributed by atoms with Crippen LogP contribution < -0.4 is 5.32 Å². The minimum atomic E-state index is -0.554. The molecule has 29 heavy (non-hydrogen) atoms. The van der Waals surface area contributed by atoms with Gasteiger partial charge in [0.1, 0.15) is 0 Å². The van der Waals surface area contributed by atoms with Gasteiger partial charge in [0, 0.05) is 31.4 Å². The van der Waals surface area contributed by atoms with Gasteiger partial charge in [-0.25, -0.2) is 4.39 Å². The third-order valence-corrected chi connectivity index (χ3v) is 6.62. The summed E-state index contributed by atoms with van der Waals surface area (Å²) in [6, 6.07) is 11.8. The molecule has 1 aromatic carbocycles. The van der Waals surface area contributed by atoms with Crippen molar-refractivity contribution in [3.63, 3.8) is 0 Å². The number of hydrogen-bond donors (Lipinski definition) is 1. The van der Waals surface area contributed by atoms with E-state index in [9.17, 15) is 9.18 Å². The van der Waals surface area contributed by atoms with Gasteiger partial charge in [-0.1, -0.05) is 30.3 Å². The molecule has 3 heterocycles. The van der Waals surface area contributed by atoms with Gasteiger partial charge in [0.25, 0.3) is 5.91 Å². The number of hydrogen-bond acceptors (Lipinski definition) is 4. The Kier molecular flexibility index (Phi) is 5.65. The molecule has 1 N–H and O–H groups in total. The Morgan fingerprint density at radius 2 is 2.03 bits per heavy atom. The molecule has 6 heteroatoms. The fourth-order valence-electron chi connectivity index (χ4n) is 5.22. The molecule has 0 saturated carbocycles. The van der Waals surface area contributed by atoms with Gasteiger partial charge < -0.3 is 10.1 Å². The molecular weight excluding hydrogens is 369 g/mol. The minimum Gasteiger partial charge on any atom is -0.383 e. The molecule has 2 fully saturated rings. The highest BCUT2D eigenvalue weighted by atomic mass is 19.1. The van der Waals surface area contributed by atoms with E-state index >= 15 is 0 Å². The summed E-state index contributed by atoms with van der Waals surface area (Å²) in [4.78, 5) is 19.6. The number of aryl methyl sites for hydroxylation is 1. The van der Waals surface area contributed by atoms with Crippen LogP contribution in [-0.2, 0) is 4.74 Å². The molecule has 1 aromatic heterocycles. The zero-order chi connectivity index (χ0) is 20.4. The van der Waals surface area contributed by atoms with Gasteiger partial charge >= 0.3 is 0 Å². The Bertz CT molecular complexity index is 866. The molecule has 2 aliphatic heterocycles. The topological polar surface area (TPSA) is 54.5 Å². The third kappa shape index (κ3) is 3.55. The van der Waals surface area contributed by atoms with E-state index in [2.05, 4.69) is 15.2 Å². The van der Waals surface area contributed by atoms with E-state index in [-0.39, 0.29) is 22.8 Å². The summed E-state index contributed by atoms with van der Waals surface area (Å²) in [6.45, 7) is 3.07. The Morgan fingerprint density at radius 3 is 2.72 bits per heavy atom. The van der Waals surface area contributed by atoms with Crippen molar-refractivity contribution in [3.8, 4) is 0 Å². The maximum atomic E-state index is 14.6. The van der Waals surface area contributed by atoms with E-state index in [4.69, 9.17) is 4.74 Å². The van der Waals surface area contributed by atoms with Crippen molar-refractivity contribution in [2.75, 3.05) is 20.3 Å². The lowest BCUT2D eigenvalue weighted by Crippen LogP contribution is -2.53. The molecule has 1 unspecified atom stereocenters. The molecule has 1 atom stereocenters. The summed E-state index contributed by atoms with van der Waals surface area (Å²) in [5, 5.41) is 3.20. The number of carbonyl (C=O) groups excluding carboxylic acids is 1. The number of pyridine rings is 1. The van der Waals surface area contributed by atoms with Crippen LogP contribution in [0.2, 0.25) is 0 Å². The normalized spacial score (nSPS) is 24.6. The molecule has 2 aromatic rings. The van der Waals surface area contributed by atoms with Crippen LogP contribution in [-0.4, -0.2) is 47.6 Å². The van der Waals surface area contributed by atoms with Gasteiger partial charge in [-0.05, 0) is 44.2 Å². The summed E-state index contributed by atoms with van der Waals surface area (Å²) in [6.07, 6.45) is 5.74. The molecule has 2 aliphatic rings. The van der Waals surface area contributed by atoms with Gasteiger partial charge in [-0.15, -0.1) is 0 Å². The predicted molar refractivity (Wildman–Crippen MR) is 109 cm³/mol. The second-order valence-electron chi connectivity index (χ2n) is 8.10. The quantitative estimate of drug-likeness (QED) is 0.775. The highest BCUT2D eigenvalue weighted by Gasteiger charge is 2.56. The van der Waals surface area contributed by atoms with Gasteiger partial charge in [0.05, 0.1) is 23.9 Å². The lowest BCUT2D eigenvalue weighted by atomic mass is 9.78. The van der Waals surface area contributed by atoms with E-state index in [0.717, 1.165) is 37.8 Å². The number of ether oxygens (including phenoxy) is 1. The summed E-state index contributed by atoms with van der Waals surface area (Å²) in [5.74, 6) is -0.945. The fourth-order valence-corrected chi connectivity index (χ4v) is 5.22. The molecule has 1 amide bonds. The molecule has 4 rings (SSSR count). The summed E-state index contributed by atoms with van der Waals surface area (Å²) in [5.41, 5.74) is 1.16. The van der Waals surface area contributed by atoms with Crippen LogP contribution in [0.25, 0.3) is 0 Å². The van der Waals surface area contributed by atoms with Gasteiger partial charge in [0.2, 0.25) is 0 Å². The van der Waals surface area contributed by atoms with Crippen LogP contribution in [0.1, 0.15) is 53.3 Å². The van der Waals surface area contributed by atoms with E-state index in [1.54, 1.807) is 14.0 Å². The largest absolute Gasteiger partial charge is 0.383 e. The van der Waals surface area contributed by atoms with Crippen molar-refractivity contribution in [1.82, 2.24) is 15.2 Å². The van der Waals surface area contributed by atoms with Crippen LogP contribution in [0.4, 0.5) is 4.39 Å². The second-order valence-corrected chi connectivity index (χ2v) is 8.10. The third-order valence-electron chi connectivity index (χ3n) is 6.62. The average molecular weight is 397 g/mol. The average Bonchev–Trinajstić information content (AvgIpc) is 3.28. The standard InChI is InChI=1S/C23H28FN3O2/c1-16-20(24)19(10-13-25-16)22(28)26-21(17-6-4-3-5-7-17)23-11-8-18(9-12-23)27(23)14-15-29-2/h3-7,10,13,18,21H,8-9,11-12,14-15H2,1-2H3,(H,26,28). The summed E-state index contributed by atoms with van der Waals surface area (Å²) < 4.78 is 19.9. The van der Waals surface area contributed by atoms with Crippen LogP contribution in [0.3, 0.4) is 0 Å². The first kappa shape index (κ1) is 20.0. The lowest BCUT2D eigenvalue weighted by Gasteiger charge is -2.42. The zero-order valence-electron chi connectivity index (χ0n) is 17.0. The highest BCUT2D eigenvalue weighted by molar-refractivity contribution is 5.94. The number of rotatable bonds is 7. The molecule has 0 spiro atoms. The molecular formula is C23H28FN3O2. The smallest absolute Gasteiger partial charge is 0.254 e. The van der Waals surface area contributed by atoms with Crippen molar-refractivity contribution >= 4 is 5.91 Å². The Hall–Kier alpha value is -2.31. The number of aromatic nitrogens is 1.